The van der Waals surface area contributed by atoms with Gasteiger partial charge in [0.05, 0.1) is 0 Å². The highest BCUT2D eigenvalue weighted by Gasteiger charge is 2.10. The molecule has 0 aliphatic carbocycles. The molecular formula is C5H6N2O2S. The van der Waals surface area contributed by atoms with Crippen molar-refractivity contribution in [3.05, 3.63) is 0 Å². The van der Waals surface area contributed by atoms with Crippen LogP contribution in [0.4, 0.5) is 0 Å². The Hall–Kier alpha value is -0.860. The first-order valence-corrected chi connectivity index (χ1v) is 3.72. The SMILES string of the molecule is C#CCCC1=NS(=O)ON1. The van der Waals surface area contributed by atoms with Crippen molar-refractivity contribution in [2.75, 3.05) is 0 Å². The zero-order valence-electron chi connectivity index (χ0n) is 5.16. The summed E-state index contributed by atoms with van der Waals surface area (Å²) in [6.45, 7) is 0. The van der Waals surface area contributed by atoms with Crippen LogP contribution in [0.1, 0.15) is 12.8 Å². The van der Waals surface area contributed by atoms with E-state index in [1.54, 1.807) is 0 Å². The topological polar surface area (TPSA) is 50.7 Å². The van der Waals surface area contributed by atoms with Crippen LogP contribution in [-0.2, 0) is 15.6 Å². The van der Waals surface area contributed by atoms with Crippen LogP contribution >= 0.6 is 0 Å². The number of amidine groups is 1. The van der Waals surface area contributed by atoms with E-state index >= 15 is 0 Å². The minimum Gasteiger partial charge on any atom is -0.235 e. The number of nitrogens with zero attached hydrogens (tertiary/aromatic N) is 1. The molecule has 0 aromatic rings. The number of rotatable bonds is 2. The zero-order valence-corrected chi connectivity index (χ0v) is 5.98. The summed E-state index contributed by atoms with van der Waals surface area (Å²) in [6, 6.07) is 0. The molecule has 1 aliphatic rings. The van der Waals surface area contributed by atoms with Gasteiger partial charge < -0.3 is 0 Å². The Labute approximate surface area is 61.4 Å². The summed E-state index contributed by atoms with van der Waals surface area (Å²) in [6.07, 6.45) is 6.15. The quantitative estimate of drug-likeness (QED) is 0.571. The van der Waals surface area contributed by atoms with E-state index in [2.05, 4.69) is 20.1 Å². The van der Waals surface area contributed by atoms with E-state index < -0.39 is 11.3 Å². The fourth-order valence-corrected chi connectivity index (χ4v) is 1.01. The molecule has 54 valence electrons. The second kappa shape index (κ2) is 3.34. The highest BCUT2D eigenvalue weighted by atomic mass is 32.2. The Morgan fingerprint density at radius 3 is 3.20 bits per heavy atom. The van der Waals surface area contributed by atoms with Crippen LogP contribution in [0, 0.1) is 12.3 Å². The minimum atomic E-state index is -1.55. The van der Waals surface area contributed by atoms with Crippen LogP contribution in [0.2, 0.25) is 0 Å². The highest BCUT2D eigenvalue weighted by Crippen LogP contribution is 1.99. The van der Waals surface area contributed by atoms with Gasteiger partial charge in [-0.2, -0.15) is 4.28 Å². The van der Waals surface area contributed by atoms with Crippen molar-refractivity contribution in [2.24, 2.45) is 4.40 Å². The summed E-state index contributed by atoms with van der Waals surface area (Å²) in [5, 5.41) is 0. The zero-order chi connectivity index (χ0) is 7.40. The first-order chi connectivity index (χ1) is 4.83. The van der Waals surface area contributed by atoms with Crippen LogP contribution in [0.15, 0.2) is 4.40 Å². The number of terminal acetylenes is 1. The number of hydroxylamine groups is 1. The van der Waals surface area contributed by atoms with Crippen LogP contribution in [-0.4, -0.2) is 10.0 Å². The summed E-state index contributed by atoms with van der Waals surface area (Å²) in [5.74, 6) is 2.99. The van der Waals surface area contributed by atoms with Gasteiger partial charge in [0.25, 0.3) is 0 Å². The predicted molar refractivity (Wildman–Crippen MR) is 37.9 cm³/mol. The molecule has 1 atom stereocenters. The molecule has 4 nitrogen and oxygen atoms in total. The molecular weight excluding hydrogens is 152 g/mol. The largest absolute Gasteiger partial charge is 0.309 e. The maximum absolute atomic E-state index is 10.4. The molecule has 5 heteroatoms. The number of nitrogens with one attached hydrogen (secondary N) is 1. The Kier molecular flexibility index (Phi) is 2.42. The molecule has 0 aromatic heterocycles. The van der Waals surface area contributed by atoms with Crippen LogP contribution in [0.3, 0.4) is 0 Å². The number of hydrogen-bond acceptors (Lipinski definition) is 3. The fourth-order valence-electron chi connectivity index (χ4n) is 0.498. The Bertz CT molecular complexity index is 218. The van der Waals surface area contributed by atoms with Gasteiger partial charge in [-0.1, -0.05) is 0 Å². The van der Waals surface area contributed by atoms with Crippen LogP contribution in [0.5, 0.6) is 0 Å². The molecule has 0 spiro atoms. The molecule has 0 fully saturated rings. The van der Waals surface area contributed by atoms with Gasteiger partial charge in [-0.3, -0.25) is 0 Å². The first kappa shape index (κ1) is 7.25. The van der Waals surface area contributed by atoms with E-state index in [9.17, 15) is 4.21 Å². The third kappa shape index (κ3) is 1.83. The van der Waals surface area contributed by atoms with Crippen LogP contribution < -0.4 is 5.48 Å². The third-order valence-electron chi connectivity index (χ3n) is 0.922. The van der Waals surface area contributed by atoms with Gasteiger partial charge in [0.2, 0.25) is 0 Å². The van der Waals surface area contributed by atoms with Gasteiger partial charge in [0.15, 0.2) is 0 Å². The van der Waals surface area contributed by atoms with Gasteiger partial charge in [-0.25, -0.2) is 9.69 Å². The molecule has 0 radical (unpaired) electrons. The van der Waals surface area contributed by atoms with E-state index in [0.717, 1.165) is 0 Å². The van der Waals surface area contributed by atoms with Gasteiger partial charge in [-0.15, -0.1) is 16.7 Å². The first-order valence-electron chi connectivity index (χ1n) is 2.69. The third-order valence-corrected chi connectivity index (χ3v) is 1.52. The fraction of sp³-hybridized carbons (Fsp3) is 0.400. The van der Waals surface area contributed by atoms with Crippen molar-refractivity contribution >= 4 is 17.1 Å². The highest BCUT2D eigenvalue weighted by molar-refractivity contribution is 7.79. The molecule has 0 saturated heterocycles. The van der Waals surface area contributed by atoms with E-state index in [4.69, 9.17) is 6.42 Å². The van der Waals surface area contributed by atoms with Crippen molar-refractivity contribution in [3.8, 4) is 12.3 Å². The van der Waals surface area contributed by atoms with Gasteiger partial charge in [0.1, 0.15) is 5.84 Å². The molecule has 1 aliphatic heterocycles. The Balaban J connectivity index is 2.37. The second-order valence-electron chi connectivity index (χ2n) is 1.64. The van der Waals surface area contributed by atoms with E-state index in [1.165, 1.54) is 0 Å². The summed E-state index contributed by atoms with van der Waals surface area (Å²) >= 11 is -1.55. The summed E-state index contributed by atoms with van der Waals surface area (Å²) in [4.78, 5) is 0. The molecule has 0 saturated carbocycles. The van der Waals surface area contributed by atoms with E-state index in [-0.39, 0.29) is 0 Å². The van der Waals surface area contributed by atoms with E-state index in [0.29, 0.717) is 18.7 Å². The lowest BCUT2D eigenvalue weighted by molar-refractivity contribution is 0.303. The molecule has 0 amide bonds. The van der Waals surface area contributed by atoms with Crippen molar-refractivity contribution in [3.63, 3.8) is 0 Å². The molecule has 1 rings (SSSR count). The minimum absolute atomic E-state index is 0.552. The molecule has 0 bridgehead atoms. The van der Waals surface area contributed by atoms with E-state index in [1.807, 2.05) is 0 Å². The lowest BCUT2D eigenvalue weighted by Crippen LogP contribution is -2.15. The Morgan fingerprint density at radius 2 is 2.70 bits per heavy atom. The van der Waals surface area contributed by atoms with Crippen molar-refractivity contribution in [1.29, 1.82) is 0 Å². The summed E-state index contributed by atoms with van der Waals surface area (Å²) < 4.78 is 18.4. The van der Waals surface area contributed by atoms with Gasteiger partial charge >= 0.3 is 11.3 Å². The smallest absolute Gasteiger partial charge is 0.235 e. The van der Waals surface area contributed by atoms with Gasteiger partial charge in [-0.05, 0) is 0 Å². The maximum atomic E-state index is 10.4. The van der Waals surface area contributed by atoms with Crippen molar-refractivity contribution in [1.82, 2.24) is 5.48 Å². The molecule has 0 aromatic carbocycles. The van der Waals surface area contributed by atoms with Crippen molar-refractivity contribution < 1.29 is 8.49 Å². The predicted octanol–water partition coefficient (Wildman–Crippen LogP) is -0.0882. The number of hydrogen-bond donors (Lipinski definition) is 1. The monoisotopic (exact) mass is 158 g/mol. The standard InChI is InChI=1S/C5H6N2O2S/c1-2-3-4-5-6-9-10(8)7-5/h1H,3-4H2,(H,6,7). The normalized spacial score (nSPS) is 23.1. The van der Waals surface area contributed by atoms with Crippen molar-refractivity contribution in [2.45, 2.75) is 12.8 Å². The average molecular weight is 158 g/mol. The second-order valence-corrected chi connectivity index (χ2v) is 2.43. The average Bonchev–Trinajstić information content (AvgIpc) is 2.31. The lowest BCUT2D eigenvalue weighted by Gasteiger charge is -1.91. The van der Waals surface area contributed by atoms with Crippen LogP contribution in [0.25, 0.3) is 0 Å². The summed E-state index contributed by atoms with van der Waals surface area (Å²) in [5.41, 5.74) is 2.40. The lowest BCUT2D eigenvalue weighted by atomic mass is 10.3. The summed E-state index contributed by atoms with van der Waals surface area (Å²) in [7, 11) is 0. The molecule has 10 heavy (non-hydrogen) atoms. The molecule has 1 heterocycles. The molecule has 1 N–H and O–H groups in total. The van der Waals surface area contributed by atoms with Gasteiger partial charge in [0, 0.05) is 12.8 Å². The maximum Gasteiger partial charge on any atom is 0.309 e. The Morgan fingerprint density at radius 1 is 1.90 bits per heavy atom. The molecule has 1 unspecified atom stereocenters.